The minimum atomic E-state index is -0.388. The van der Waals surface area contributed by atoms with Gasteiger partial charge in [0.15, 0.2) is 0 Å². The Kier molecular flexibility index (Phi) is 1.83. The summed E-state index contributed by atoms with van der Waals surface area (Å²) in [5.41, 5.74) is 6.31. The Bertz CT molecular complexity index is 235. The second kappa shape index (κ2) is 2.51. The van der Waals surface area contributed by atoms with Gasteiger partial charge >= 0.3 is 0 Å². The van der Waals surface area contributed by atoms with Gasteiger partial charge in [0.25, 0.3) is 0 Å². The monoisotopic (exact) mass is 152 g/mol. The lowest BCUT2D eigenvalue weighted by molar-refractivity contribution is 0.450. The molecule has 0 fully saturated rings. The zero-order valence-corrected chi connectivity index (χ0v) is 6.70. The topological polar surface area (TPSA) is 59.1 Å². The molecule has 1 heterocycles. The van der Waals surface area contributed by atoms with Gasteiger partial charge in [0, 0.05) is 17.8 Å². The second-order valence-corrected chi connectivity index (χ2v) is 3.13. The summed E-state index contributed by atoms with van der Waals surface area (Å²) >= 11 is 0. The smallest absolute Gasteiger partial charge is 0.210 e. The molecule has 0 aromatic carbocycles. The molecule has 60 valence electrons. The average Bonchev–Trinajstić information content (AvgIpc) is 1.86. The van der Waals surface area contributed by atoms with Gasteiger partial charge in [0.2, 0.25) is 5.88 Å². The van der Waals surface area contributed by atoms with Crippen LogP contribution in [0, 0.1) is 0 Å². The van der Waals surface area contributed by atoms with Crippen LogP contribution in [0.4, 0.5) is 0 Å². The van der Waals surface area contributed by atoms with Crippen LogP contribution in [0.2, 0.25) is 0 Å². The number of rotatable bonds is 1. The molecule has 0 saturated heterocycles. The Balaban J connectivity index is 2.99. The number of hydrogen-bond acceptors (Lipinski definition) is 3. The van der Waals surface area contributed by atoms with Gasteiger partial charge in [-0.2, -0.15) is 0 Å². The van der Waals surface area contributed by atoms with E-state index in [2.05, 4.69) is 4.98 Å². The number of pyridine rings is 1. The molecule has 0 aliphatic carbocycles. The first-order valence-electron chi connectivity index (χ1n) is 3.44. The number of nitrogens with two attached hydrogens (primary N) is 1. The van der Waals surface area contributed by atoms with E-state index in [4.69, 9.17) is 10.8 Å². The molecule has 3 nitrogen and oxygen atoms in total. The number of aromatic nitrogens is 1. The zero-order valence-electron chi connectivity index (χ0n) is 6.70. The molecule has 0 amide bonds. The molecule has 0 unspecified atom stereocenters. The number of aromatic hydroxyl groups is 1. The van der Waals surface area contributed by atoms with E-state index in [0.717, 1.165) is 5.56 Å². The van der Waals surface area contributed by atoms with Crippen LogP contribution in [-0.2, 0) is 5.54 Å². The predicted octanol–water partition coefficient (Wildman–Crippen LogP) is 0.981. The van der Waals surface area contributed by atoms with Gasteiger partial charge in [-0.15, -0.1) is 0 Å². The SMILES string of the molecule is CC(C)(N)c1ccc(O)nc1. The van der Waals surface area contributed by atoms with Crippen molar-refractivity contribution in [2.45, 2.75) is 19.4 Å². The van der Waals surface area contributed by atoms with Crippen molar-refractivity contribution in [2.24, 2.45) is 5.73 Å². The maximum Gasteiger partial charge on any atom is 0.210 e. The normalized spacial score (nSPS) is 11.5. The molecule has 1 aromatic heterocycles. The highest BCUT2D eigenvalue weighted by Crippen LogP contribution is 2.16. The summed E-state index contributed by atoms with van der Waals surface area (Å²) in [7, 11) is 0. The lowest BCUT2D eigenvalue weighted by atomic mass is 9.98. The Hall–Kier alpha value is -1.09. The van der Waals surface area contributed by atoms with Crippen LogP contribution >= 0.6 is 0 Å². The van der Waals surface area contributed by atoms with Gasteiger partial charge in [-0.25, -0.2) is 4.98 Å². The van der Waals surface area contributed by atoms with Crippen molar-refractivity contribution in [2.75, 3.05) is 0 Å². The summed E-state index contributed by atoms with van der Waals surface area (Å²) in [6, 6.07) is 3.30. The van der Waals surface area contributed by atoms with Crippen molar-refractivity contribution in [1.82, 2.24) is 4.98 Å². The van der Waals surface area contributed by atoms with Crippen LogP contribution in [0.3, 0.4) is 0 Å². The minimum Gasteiger partial charge on any atom is -0.493 e. The zero-order chi connectivity index (χ0) is 8.48. The average molecular weight is 152 g/mol. The van der Waals surface area contributed by atoms with E-state index in [-0.39, 0.29) is 11.4 Å². The molecule has 0 bridgehead atoms. The highest BCUT2D eigenvalue weighted by molar-refractivity contribution is 5.22. The molecule has 0 radical (unpaired) electrons. The fourth-order valence-electron chi connectivity index (χ4n) is 0.767. The summed E-state index contributed by atoms with van der Waals surface area (Å²) in [5, 5.41) is 8.87. The Morgan fingerprint density at radius 2 is 2.09 bits per heavy atom. The van der Waals surface area contributed by atoms with Crippen LogP contribution in [0.25, 0.3) is 0 Å². The standard InChI is InChI=1S/C8H12N2O/c1-8(2,9)6-3-4-7(11)10-5-6/h3-5H,9H2,1-2H3,(H,10,11). The minimum absolute atomic E-state index is 0.0259. The van der Waals surface area contributed by atoms with Crippen molar-refractivity contribution in [3.8, 4) is 5.88 Å². The quantitative estimate of drug-likeness (QED) is 0.630. The number of hydrogen-bond donors (Lipinski definition) is 2. The first kappa shape index (κ1) is 8.01. The Morgan fingerprint density at radius 1 is 1.45 bits per heavy atom. The maximum atomic E-state index is 8.87. The molecule has 11 heavy (non-hydrogen) atoms. The summed E-state index contributed by atoms with van der Waals surface area (Å²) in [6.45, 7) is 3.78. The van der Waals surface area contributed by atoms with E-state index < -0.39 is 0 Å². The van der Waals surface area contributed by atoms with Crippen molar-refractivity contribution in [1.29, 1.82) is 0 Å². The van der Waals surface area contributed by atoms with Gasteiger partial charge in [0.05, 0.1) is 0 Å². The molecule has 0 atom stereocenters. The third-order valence-electron chi connectivity index (χ3n) is 1.49. The van der Waals surface area contributed by atoms with E-state index in [1.807, 2.05) is 13.8 Å². The van der Waals surface area contributed by atoms with Crippen LogP contribution in [-0.4, -0.2) is 10.1 Å². The Morgan fingerprint density at radius 3 is 2.45 bits per heavy atom. The van der Waals surface area contributed by atoms with E-state index in [1.165, 1.54) is 6.07 Å². The van der Waals surface area contributed by atoms with E-state index in [0.29, 0.717) is 0 Å². The molecule has 0 saturated carbocycles. The molecule has 3 heteroatoms. The lowest BCUT2D eigenvalue weighted by Gasteiger charge is -2.17. The highest BCUT2D eigenvalue weighted by Gasteiger charge is 2.13. The van der Waals surface area contributed by atoms with Crippen LogP contribution in [0.1, 0.15) is 19.4 Å². The van der Waals surface area contributed by atoms with Gasteiger partial charge in [-0.05, 0) is 19.4 Å². The van der Waals surface area contributed by atoms with Gasteiger partial charge in [0.1, 0.15) is 0 Å². The summed E-state index contributed by atoms with van der Waals surface area (Å²) < 4.78 is 0. The van der Waals surface area contributed by atoms with E-state index in [1.54, 1.807) is 12.3 Å². The van der Waals surface area contributed by atoms with Gasteiger partial charge < -0.3 is 10.8 Å². The molecule has 1 aromatic rings. The van der Waals surface area contributed by atoms with Crippen molar-refractivity contribution >= 4 is 0 Å². The first-order chi connectivity index (χ1) is 5.00. The molecule has 3 N–H and O–H groups in total. The third-order valence-corrected chi connectivity index (χ3v) is 1.49. The second-order valence-electron chi connectivity index (χ2n) is 3.13. The Labute approximate surface area is 65.9 Å². The molecular formula is C8H12N2O. The van der Waals surface area contributed by atoms with Gasteiger partial charge in [-0.1, -0.05) is 6.07 Å². The van der Waals surface area contributed by atoms with Crippen LogP contribution < -0.4 is 5.73 Å². The largest absolute Gasteiger partial charge is 0.493 e. The van der Waals surface area contributed by atoms with Crippen LogP contribution in [0.5, 0.6) is 5.88 Å². The first-order valence-corrected chi connectivity index (χ1v) is 3.44. The summed E-state index contributed by atoms with van der Waals surface area (Å²) in [5.74, 6) is 0.0259. The van der Waals surface area contributed by atoms with Crippen LogP contribution in [0.15, 0.2) is 18.3 Å². The predicted molar refractivity (Wildman–Crippen MR) is 43.1 cm³/mol. The maximum absolute atomic E-state index is 8.87. The molecule has 0 aliphatic rings. The van der Waals surface area contributed by atoms with Gasteiger partial charge in [-0.3, -0.25) is 0 Å². The van der Waals surface area contributed by atoms with E-state index >= 15 is 0 Å². The lowest BCUT2D eigenvalue weighted by Crippen LogP contribution is -2.28. The van der Waals surface area contributed by atoms with Crippen molar-refractivity contribution in [3.05, 3.63) is 23.9 Å². The molecular weight excluding hydrogens is 140 g/mol. The highest BCUT2D eigenvalue weighted by atomic mass is 16.3. The summed E-state index contributed by atoms with van der Waals surface area (Å²) in [6.07, 6.45) is 1.58. The molecule has 0 aliphatic heterocycles. The number of nitrogens with zero attached hydrogens (tertiary/aromatic N) is 1. The molecule has 1 rings (SSSR count). The fraction of sp³-hybridized carbons (Fsp3) is 0.375. The summed E-state index contributed by atoms with van der Waals surface area (Å²) in [4.78, 5) is 3.72. The van der Waals surface area contributed by atoms with Crippen molar-refractivity contribution < 1.29 is 5.11 Å². The van der Waals surface area contributed by atoms with Crippen molar-refractivity contribution in [3.63, 3.8) is 0 Å². The fourth-order valence-corrected chi connectivity index (χ4v) is 0.767. The third kappa shape index (κ3) is 1.91. The van der Waals surface area contributed by atoms with E-state index in [9.17, 15) is 0 Å². The molecule has 0 spiro atoms.